The van der Waals surface area contributed by atoms with E-state index in [0.29, 0.717) is 16.0 Å². The Morgan fingerprint density at radius 1 is 1.24 bits per heavy atom. The van der Waals surface area contributed by atoms with Gasteiger partial charge < -0.3 is 10.1 Å². The minimum Gasteiger partial charge on any atom is -0.485 e. The van der Waals surface area contributed by atoms with Crippen molar-refractivity contribution >= 4 is 21.7 Å². The van der Waals surface area contributed by atoms with Gasteiger partial charge in [0.15, 0.2) is 5.82 Å². The first kappa shape index (κ1) is 15.7. The number of rotatable bonds is 6. The molecule has 0 radical (unpaired) electrons. The molecule has 0 aliphatic carbocycles. The molecule has 0 amide bonds. The molecule has 0 fully saturated rings. The SMILES string of the molecule is CCCNc1cc(C)nc(COc2cc(F)cc(Br)c2)n1. The number of halogens is 2. The molecule has 0 spiro atoms. The number of anilines is 1. The van der Waals surface area contributed by atoms with Gasteiger partial charge in [-0.05, 0) is 25.5 Å². The summed E-state index contributed by atoms with van der Waals surface area (Å²) < 4.78 is 19.4. The van der Waals surface area contributed by atoms with Gasteiger partial charge in [0.05, 0.1) is 0 Å². The third-order valence-electron chi connectivity index (χ3n) is 2.66. The van der Waals surface area contributed by atoms with Crippen LogP contribution in [0.3, 0.4) is 0 Å². The van der Waals surface area contributed by atoms with Crippen molar-refractivity contribution in [3.8, 4) is 5.75 Å². The number of ether oxygens (including phenoxy) is 1. The first-order valence-electron chi connectivity index (χ1n) is 6.74. The van der Waals surface area contributed by atoms with E-state index in [4.69, 9.17) is 4.74 Å². The highest BCUT2D eigenvalue weighted by atomic mass is 79.9. The highest BCUT2D eigenvalue weighted by molar-refractivity contribution is 9.10. The van der Waals surface area contributed by atoms with E-state index >= 15 is 0 Å². The minimum atomic E-state index is -0.352. The average Bonchev–Trinajstić information content (AvgIpc) is 2.41. The Labute approximate surface area is 131 Å². The summed E-state index contributed by atoms with van der Waals surface area (Å²) in [4.78, 5) is 8.70. The molecule has 1 aromatic carbocycles. The molecule has 2 rings (SSSR count). The lowest BCUT2D eigenvalue weighted by Crippen LogP contribution is -2.08. The van der Waals surface area contributed by atoms with Gasteiger partial charge in [-0.2, -0.15) is 0 Å². The Kier molecular flexibility index (Phi) is 5.50. The van der Waals surface area contributed by atoms with Crippen LogP contribution in [0.5, 0.6) is 5.75 Å². The van der Waals surface area contributed by atoms with Crippen LogP contribution in [-0.4, -0.2) is 16.5 Å². The van der Waals surface area contributed by atoms with Crippen molar-refractivity contribution in [2.24, 2.45) is 0 Å². The summed E-state index contributed by atoms with van der Waals surface area (Å²) in [5.74, 6) is 1.43. The molecular formula is C15H17BrFN3O. The van der Waals surface area contributed by atoms with Gasteiger partial charge in [0.2, 0.25) is 0 Å². The van der Waals surface area contributed by atoms with Crippen LogP contribution in [0.2, 0.25) is 0 Å². The molecule has 4 nitrogen and oxygen atoms in total. The predicted octanol–water partition coefficient (Wildman–Crippen LogP) is 4.09. The van der Waals surface area contributed by atoms with Gasteiger partial charge in [-0.1, -0.05) is 22.9 Å². The van der Waals surface area contributed by atoms with E-state index in [-0.39, 0.29) is 12.4 Å². The van der Waals surface area contributed by atoms with Crippen LogP contribution in [0.25, 0.3) is 0 Å². The van der Waals surface area contributed by atoms with Crippen molar-refractivity contribution in [2.75, 3.05) is 11.9 Å². The van der Waals surface area contributed by atoms with E-state index in [1.807, 2.05) is 13.0 Å². The number of hydrogen-bond acceptors (Lipinski definition) is 4. The van der Waals surface area contributed by atoms with Gasteiger partial charge in [-0.25, -0.2) is 14.4 Å². The Hall–Kier alpha value is -1.69. The molecule has 112 valence electrons. The van der Waals surface area contributed by atoms with Crippen LogP contribution in [0, 0.1) is 12.7 Å². The second kappa shape index (κ2) is 7.36. The van der Waals surface area contributed by atoms with Crippen LogP contribution < -0.4 is 10.1 Å². The number of benzene rings is 1. The van der Waals surface area contributed by atoms with Gasteiger partial charge in [0, 0.05) is 28.8 Å². The smallest absolute Gasteiger partial charge is 0.168 e. The summed E-state index contributed by atoms with van der Waals surface area (Å²) in [7, 11) is 0. The fourth-order valence-electron chi connectivity index (χ4n) is 1.80. The second-order valence-corrected chi connectivity index (χ2v) is 5.55. The number of nitrogens with one attached hydrogen (secondary N) is 1. The molecule has 0 aliphatic rings. The first-order chi connectivity index (χ1) is 10.1. The van der Waals surface area contributed by atoms with Gasteiger partial charge in [0.25, 0.3) is 0 Å². The lowest BCUT2D eigenvalue weighted by molar-refractivity contribution is 0.294. The third-order valence-corrected chi connectivity index (χ3v) is 3.12. The summed E-state index contributed by atoms with van der Waals surface area (Å²) in [5, 5.41) is 3.22. The monoisotopic (exact) mass is 353 g/mol. The van der Waals surface area contributed by atoms with E-state index in [1.54, 1.807) is 6.07 Å². The zero-order valence-electron chi connectivity index (χ0n) is 12.0. The summed E-state index contributed by atoms with van der Waals surface area (Å²) in [5.41, 5.74) is 0.864. The standard InChI is InChI=1S/C15H17BrFN3O/c1-3-4-18-14-5-10(2)19-15(20-14)9-21-13-7-11(16)6-12(17)8-13/h5-8H,3-4,9H2,1-2H3,(H,18,19,20). The maximum absolute atomic E-state index is 13.3. The molecule has 6 heteroatoms. The fraction of sp³-hybridized carbons (Fsp3) is 0.333. The molecular weight excluding hydrogens is 337 g/mol. The molecule has 0 saturated heterocycles. The fourth-order valence-corrected chi connectivity index (χ4v) is 2.24. The van der Waals surface area contributed by atoms with Crippen molar-refractivity contribution in [1.82, 2.24) is 9.97 Å². The van der Waals surface area contributed by atoms with E-state index < -0.39 is 0 Å². The van der Waals surface area contributed by atoms with Crippen molar-refractivity contribution in [3.05, 3.63) is 46.1 Å². The molecule has 0 unspecified atom stereocenters. The molecule has 1 N–H and O–H groups in total. The van der Waals surface area contributed by atoms with Crippen LogP contribution in [0.15, 0.2) is 28.7 Å². The van der Waals surface area contributed by atoms with Crippen LogP contribution in [0.1, 0.15) is 24.9 Å². The third kappa shape index (κ3) is 4.97. The number of aromatic nitrogens is 2. The maximum atomic E-state index is 13.3. The van der Waals surface area contributed by atoms with E-state index in [9.17, 15) is 4.39 Å². The largest absolute Gasteiger partial charge is 0.485 e. The number of hydrogen-bond donors (Lipinski definition) is 1. The number of aryl methyl sites for hydroxylation is 1. The minimum absolute atomic E-state index is 0.193. The Morgan fingerprint density at radius 2 is 2.05 bits per heavy atom. The first-order valence-corrected chi connectivity index (χ1v) is 7.53. The van der Waals surface area contributed by atoms with Gasteiger partial charge in [-0.3, -0.25) is 0 Å². The Morgan fingerprint density at radius 3 is 2.76 bits per heavy atom. The molecule has 21 heavy (non-hydrogen) atoms. The molecule has 1 aromatic heterocycles. The molecule has 0 saturated carbocycles. The van der Waals surface area contributed by atoms with Crippen molar-refractivity contribution in [1.29, 1.82) is 0 Å². The highest BCUT2D eigenvalue weighted by Crippen LogP contribution is 2.21. The quantitative estimate of drug-likeness (QED) is 0.849. The molecule has 0 aliphatic heterocycles. The summed E-state index contributed by atoms with van der Waals surface area (Å²) in [6, 6.07) is 6.30. The van der Waals surface area contributed by atoms with E-state index in [1.165, 1.54) is 12.1 Å². The maximum Gasteiger partial charge on any atom is 0.168 e. The van der Waals surface area contributed by atoms with Gasteiger partial charge >= 0.3 is 0 Å². The highest BCUT2D eigenvalue weighted by Gasteiger charge is 2.05. The molecule has 0 atom stereocenters. The average molecular weight is 354 g/mol. The zero-order valence-corrected chi connectivity index (χ0v) is 13.6. The molecule has 2 aromatic rings. The van der Waals surface area contributed by atoms with E-state index in [0.717, 1.165) is 24.5 Å². The van der Waals surface area contributed by atoms with E-state index in [2.05, 4.69) is 38.1 Å². The Bertz CT molecular complexity index is 602. The lowest BCUT2D eigenvalue weighted by atomic mass is 10.3. The summed E-state index contributed by atoms with van der Waals surface area (Å²) in [6.07, 6.45) is 1.02. The van der Waals surface area contributed by atoms with Gasteiger partial charge in [0.1, 0.15) is 24.0 Å². The van der Waals surface area contributed by atoms with Crippen LogP contribution in [-0.2, 0) is 6.61 Å². The normalized spacial score (nSPS) is 10.5. The van der Waals surface area contributed by atoms with Crippen LogP contribution >= 0.6 is 15.9 Å². The van der Waals surface area contributed by atoms with Crippen molar-refractivity contribution in [3.63, 3.8) is 0 Å². The summed E-state index contributed by atoms with van der Waals surface area (Å²) >= 11 is 3.23. The van der Waals surface area contributed by atoms with Crippen molar-refractivity contribution < 1.29 is 9.13 Å². The van der Waals surface area contributed by atoms with Crippen LogP contribution in [0.4, 0.5) is 10.2 Å². The zero-order chi connectivity index (χ0) is 15.2. The van der Waals surface area contributed by atoms with Gasteiger partial charge in [-0.15, -0.1) is 0 Å². The molecule has 0 bridgehead atoms. The second-order valence-electron chi connectivity index (χ2n) is 4.63. The summed E-state index contributed by atoms with van der Waals surface area (Å²) in [6.45, 7) is 5.04. The Balaban J connectivity index is 2.06. The topological polar surface area (TPSA) is 47.0 Å². The predicted molar refractivity (Wildman–Crippen MR) is 84.0 cm³/mol. The lowest BCUT2D eigenvalue weighted by Gasteiger charge is -2.09. The van der Waals surface area contributed by atoms with Crippen molar-refractivity contribution in [2.45, 2.75) is 26.9 Å². The number of nitrogens with zero attached hydrogens (tertiary/aromatic N) is 2. The molecule has 1 heterocycles.